The Bertz CT molecular complexity index is 712. The molecule has 0 aliphatic heterocycles. The molecule has 0 saturated carbocycles. The first-order valence-corrected chi connectivity index (χ1v) is 8.16. The molecule has 0 aliphatic carbocycles. The van der Waals surface area contributed by atoms with Gasteiger partial charge in [0.2, 0.25) is 11.8 Å². The lowest BCUT2D eigenvalue weighted by Crippen LogP contribution is -2.44. The quantitative estimate of drug-likeness (QED) is 0.759. The molecule has 132 valence electrons. The Balaban J connectivity index is 1.94. The third kappa shape index (κ3) is 5.04. The van der Waals surface area contributed by atoms with Crippen molar-refractivity contribution >= 4 is 17.5 Å². The number of amides is 2. The maximum absolute atomic E-state index is 12.5. The fourth-order valence-electron chi connectivity index (χ4n) is 2.09. The molecule has 0 atom stereocenters. The Morgan fingerprint density at radius 2 is 1.80 bits per heavy atom. The van der Waals surface area contributed by atoms with E-state index in [1.807, 2.05) is 19.1 Å². The third-order valence-electron chi connectivity index (χ3n) is 3.71. The fraction of sp³-hybridized carbons (Fsp3) is 0.316. The van der Waals surface area contributed by atoms with Crippen LogP contribution in [0.15, 0.2) is 48.7 Å². The van der Waals surface area contributed by atoms with E-state index in [1.165, 1.54) is 0 Å². The highest BCUT2D eigenvalue weighted by Gasteiger charge is 2.36. The zero-order valence-electron chi connectivity index (χ0n) is 14.7. The molecule has 0 aliphatic rings. The number of aromatic nitrogens is 1. The molecule has 25 heavy (non-hydrogen) atoms. The van der Waals surface area contributed by atoms with Crippen LogP contribution in [0.3, 0.4) is 0 Å². The van der Waals surface area contributed by atoms with E-state index < -0.39 is 5.41 Å². The molecule has 0 bridgehead atoms. The summed E-state index contributed by atoms with van der Waals surface area (Å²) < 4.78 is 5.36. The van der Waals surface area contributed by atoms with Gasteiger partial charge in [0.15, 0.2) is 0 Å². The Morgan fingerprint density at radius 1 is 1.08 bits per heavy atom. The zero-order valence-corrected chi connectivity index (χ0v) is 14.7. The third-order valence-corrected chi connectivity index (χ3v) is 3.71. The molecule has 0 saturated heterocycles. The van der Waals surface area contributed by atoms with Gasteiger partial charge in [0, 0.05) is 11.9 Å². The van der Waals surface area contributed by atoms with Crippen molar-refractivity contribution in [2.45, 2.75) is 27.3 Å². The van der Waals surface area contributed by atoms with Crippen LogP contribution < -0.4 is 15.4 Å². The van der Waals surface area contributed by atoms with Crippen molar-refractivity contribution in [3.63, 3.8) is 0 Å². The van der Waals surface area contributed by atoms with Gasteiger partial charge in [-0.1, -0.05) is 6.07 Å². The molecule has 1 heterocycles. The molecule has 2 rings (SSSR count). The number of anilines is 1. The van der Waals surface area contributed by atoms with Crippen LogP contribution in [-0.4, -0.2) is 23.4 Å². The molecule has 6 heteroatoms. The van der Waals surface area contributed by atoms with E-state index in [-0.39, 0.29) is 18.4 Å². The summed E-state index contributed by atoms with van der Waals surface area (Å²) in [5, 5.41) is 5.51. The second kappa shape index (κ2) is 8.28. The van der Waals surface area contributed by atoms with Gasteiger partial charge in [-0.15, -0.1) is 0 Å². The van der Waals surface area contributed by atoms with Gasteiger partial charge in [-0.05, 0) is 57.2 Å². The number of hydrogen-bond donors (Lipinski definition) is 2. The van der Waals surface area contributed by atoms with Crippen molar-refractivity contribution < 1.29 is 14.3 Å². The normalized spacial score (nSPS) is 10.8. The predicted octanol–water partition coefficient (Wildman–Crippen LogP) is 2.76. The summed E-state index contributed by atoms with van der Waals surface area (Å²) in [6, 6.07) is 12.5. The summed E-state index contributed by atoms with van der Waals surface area (Å²) in [6.07, 6.45) is 1.66. The lowest BCUT2D eigenvalue weighted by atomic mass is 9.91. The average Bonchev–Trinajstić information content (AvgIpc) is 2.62. The number of nitrogens with zero attached hydrogens (tertiary/aromatic N) is 1. The topological polar surface area (TPSA) is 80.3 Å². The molecule has 2 N–H and O–H groups in total. The molecule has 2 amide bonds. The average molecular weight is 341 g/mol. The Morgan fingerprint density at radius 3 is 2.40 bits per heavy atom. The molecule has 6 nitrogen and oxygen atoms in total. The van der Waals surface area contributed by atoms with E-state index in [4.69, 9.17) is 4.74 Å². The van der Waals surface area contributed by atoms with Gasteiger partial charge in [0.1, 0.15) is 11.2 Å². The van der Waals surface area contributed by atoms with Crippen LogP contribution in [-0.2, 0) is 16.1 Å². The second-order valence-electron chi connectivity index (χ2n) is 6.04. The van der Waals surface area contributed by atoms with Gasteiger partial charge in [0.25, 0.3) is 0 Å². The SMILES string of the molecule is CCOc1ccc(NC(=O)C(C)(C)C(=O)NCc2ccccn2)cc1. The molecule has 2 aromatic rings. The number of hydrogen-bond acceptors (Lipinski definition) is 4. The van der Waals surface area contributed by atoms with Crippen molar-refractivity contribution in [2.75, 3.05) is 11.9 Å². The number of rotatable bonds is 7. The van der Waals surface area contributed by atoms with Crippen LogP contribution >= 0.6 is 0 Å². The smallest absolute Gasteiger partial charge is 0.239 e. The highest BCUT2D eigenvalue weighted by molar-refractivity contribution is 6.09. The maximum Gasteiger partial charge on any atom is 0.239 e. The predicted molar refractivity (Wildman–Crippen MR) is 96.1 cm³/mol. The number of pyridine rings is 1. The van der Waals surface area contributed by atoms with Crippen LogP contribution in [0.4, 0.5) is 5.69 Å². The van der Waals surface area contributed by atoms with Crippen LogP contribution in [0.25, 0.3) is 0 Å². The fourth-order valence-corrected chi connectivity index (χ4v) is 2.09. The van der Waals surface area contributed by atoms with E-state index in [2.05, 4.69) is 15.6 Å². The largest absolute Gasteiger partial charge is 0.494 e. The van der Waals surface area contributed by atoms with Crippen LogP contribution in [0, 0.1) is 5.41 Å². The van der Waals surface area contributed by atoms with Crippen LogP contribution in [0.1, 0.15) is 26.5 Å². The Hall–Kier alpha value is -2.89. The second-order valence-corrected chi connectivity index (χ2v) is 6.04. The molecule has 0 spiro atoms. The highest BCUT2D eigenvalue weighted by atomic mass is 16.5. The van der Waals surface area contributed by atoms with Gasteiger partial charge in [-0.2, -0.15) is 0 Å². The number of carbonyl (C=O) groups excluding carboxylic acids is 2. The molecular weight excluding hydrogens is 318 g/mol. The van der Waals surface area contributed by atoms with Crippen LogP contribution in [0.2, 0.25) is 0 Å². The summed E-state index contributed by atoms with van der Waals surface area (Å²) in [7, 11) is 0. The summed E-state index contributed by atoms with van der Waals surface area (Å²) in [5.41, 5.74) is 0.130. The van der Waals surface area contributed by atoms with Crippen molar-refractivity contribution in [2.24, 2.45) is 5.41 Å². The van der Waals surface area contributed by atoms with Crippen molar-refractivity contribution in [3.05, 3.63) is 54.4 Å². The first-order valence-electron chi connectivity index (χ1n) is 8.16. The first-order chi connectivity index (χ1) is 11.9. The van der Waals surface area contributed by atoms with E-state index in [1.54, 1.807) is 50.4 Å². The van der Waals surface area contributed by atoms with Gasteiger partial charge in [-0.3, -0.25) is 14.6 Å². The number of ether oxygens (including phenoxy) is 1. The maximum atomic E-state index is 12.5. The van der Waals surface area contributed by atoms with Gasteiger partial charge >= 0.3 is 0 Å². The van der Waals surface area contributed by atoms with Gasteiger partial charge in [-0.25, -0.2) is 0 Å². The lowest BCUT2D eigenvalue weighted by Gasteiger charge is -2.22. The minimum atomic E-state index is -1.21. The van der Waals surface area contributed by atoms with Crippen molar-refractivity contribution in [1.29, 1.82) is 0 Å². The number of benzene rings is 1. The standard InChI is InChI=1S/C19H23N3O3/c1-4-25-16-10-8-14(9-11-16)22-18(24)19(2,3)17(23)21-13-15-7-5-6-12-20-15/h5-12H,4,13H2,1-3H3,(H,21,23)(H,22,24). The first kappa shape index (κ1) is 18.4. The van der Waals surface area contributed by atoms with Gasteiger partial charge in [0.05, 0.1) is 18.8 Å². The minimum absolute atomic E-state index is 0.277. The summed E-state index contributed by atoms with van der Waals surface area (Å²) in [4.78, 5) is 29.0. The number of nitrogens with one attached hydrogen (secondary N) is 2. The molecular formula is C19H23N3O3. The lowest BCUT2D eigenvalue weighted by molar-refractivity contribution is -0.138. The summed E-state index contributed by atoms with van der Waals surface area (Å²) >= 11 is 0. The monoisotopic (exact) mass is 341 g/mol. The molecule has 1 aromatic heterocycles. The van der Waals surface area contributed by atoms with E-state index in [9.17, 15) is 9.59 Å². The van der Waals surface area contributed by atoms with Crippen LogP contribution in [0.5, 0.6) is 5.75 Å². The Labute approximate surface area is 147 Å². The summed E-state index contributed by atoms with van der Waals surface area (Å²) in [6.45, 7) is 5.94. The van der Waals surface area contributed by atoms with Crippen molar-refractivity contribution in [1.82, 2.24) is 10.3 Å². The van der Waals surface area contributed by atoms with E-state index in [0.29, 0.717) is 12.3 Å². The molecule has 1 aromatic carbocycles. The Kier molecular flexibility index (Phi) is 6.11. The van der Waals surface area contributed by atoms with E-state index in [0.717, 1.165) is 11.4 Å². The zero-order chi connectivity index (χ0) is 18.3. The van der Waals surface area contributed by atoms with Gasteiger partial charge < -0.3 is 15.4 Å². The van der Waals surface area contributed by atoms with Crippen molar-refractivity contribution in [3.8, 4) is 5.75 Å². The molecule has 0 unspecified atom stereocenters. The summed E-state index contributed by atoms with van der Waals surface area (Å²) in [5.74, 6) is -0.00960. The minimum Gasteiger partial charge on any atom is -0.494 e. The number of carbonyl (C=O) groups is 2. The molecule has 0 radical (unpaired) electrons. The highest BCUT2D eigenvalue weighted by Crippen LogP contribution is 2.21. The van der Waals surface area contributed by atoms with E-state index >= 15 is 0 Å². The molecule has 0 fully saturated rings.